The fraction of sp³-hybridized carbons (Fsp3) is 0.588. The highest BCUT2D eigenvalue weighted by molar-refractivity contribution is 6.30. The number of methoxy groups -OCH3 is 1. The van der Waals surface area contributed by atoms with Crippen LogP contribution >= 0.6 is 11.6 Å². The second-order valence-electron chi connectivity index (χ2n) is 6.24. The minimum absolute atomic E-state index is 0.104. The number of carbonyl (C=O) groups is 1. The molecule has 1 N–H and O–H groups in total. The summed E-state index contributed by atoms with van der Waals surface area (Å²) >= 11 is 5.70. The number of hydrogen-bond donors (Lipinski definition) is 1. The van der Waals surface area contributed by atoms with Crippen molar-refractivity contribution in [2.75, 3.05) is 26.8 Å². The lowest BCUT2D eigenvalue weighted by Crippen LogP contribution is -2.47. The van der Waals surface area contributed by atoms with Gasteiger partial charge in [-0.25, -0.2) is 4.39 Å². The molecule has 1 saturated heterocycles. The van der Waals surface area contributed by atoms with Gasteiger partial charge in [0.1, 0.15) is 5.82 Å². The van der Waals surface area contributed by atoms with E-state index in [2.05, 4.69) is 4.90 Å². The van der Waals surface area contributed by atoms with Crippen LogP contribution in [0.5, 0.6) is 0 Å². The summed E-state index contributed by atoms with van der Waals surface area (Å²) in [5, 5.41) is 9.81. The zero-order valence-corrected chi connectivity index (χ0v) is 14.1. The maximum atomic E-state index is 13.6. The van der Waals surface area contributed by atoms with E-state index in [1.807, 2.05) is 0 Å². The molecule has 4 nitrogen and oxygen atoms in total. The summed E-state index contributed by atoms with van der Waals surface area (Å²) in [5.74, 6) is -1.19. The van der Waals surface area contributed by atoms with Gasteiger partial charge in [-0.05, 0) is 49.9 Å². The third-order valence-electron chi connectivity index (χ3n) is 4.50. The van der Waals surface area contributed by atoms with Crippen molar-refractivity contribution in [2.45, 2.75) is 32.2 Å². The fourth-order valence-electron chi connectivity index (χ4n) is 3.30. The maximum absolute atomic E-state index is 13.6. The molecule has 1 heterocycles. The van der Waals surface area contributed by atoms with E-state index in [9.17, 15) is 14.3 Å². The number of rotatable bonds is 7. The summed E-state index contributed by atoms with van der Waals surface area (Å²) in [4.78, 5) is 13.9. The van der Waals surface area contributed by atoms with Gasteiger partial charge in [-0.3, -0.25) is 9.69 Å². The summed E-state index contributed by atoms with van der Waals surface area (Å²) < 4.78 is 18.6. The monoisotopic (exact) mass is 343 g/mol. The Hall–Kier alpha value is -1.17. The van der Waals surface area contributed by atoms with Gasteiger partial charge in [0.15, 0.2) is 0 Å². The van der Waals surface area contributed by atoms with Crippen LogP contribution in [0.15, 0.2) is 18.2 Å². The molecule has 1 atom stereocenters. The van der Waals surface area contributed by atoms with Crippen LogP contribution in [0.1, 0.15) is 31.2 Å². The van der Waals surface area contributed by atoms with Crippen molar-refractivity contribution in [3.05, 3.63) is 34.6 Å². The van der Waals surface area contributed by atoms with Crippen LogP contribution < -0.4 is 0 Å². The molecule has 23 heavy (non-hydrogen) atoms. The Labute approximate surface area is 141 Å². The number of likely N-dealkylation sites (tertiary alicyclic amines) is 1. The lowest BCUT2D eigenvalue weighted by atomic mass is 9.76. The smallest absolute Gasteiger partial charge is 0.310 e. The Bertz CT molecular complexity index is 555. The topological polar surface area (TPSA) is 49.8 Å². The summed E-state index contributed by atoms with van der Waals surface area (Å²) in [5.41, 5.74) is 0.0758. The summed E-state index contributed by atoms with van der Waals surface area (Å²) in [6.45, 7) is 2.41. The third-order valence-corrected chi connectivity index (χ3v) is 4.81. The predicted octanol–water partition coefficient (Wildman–Crippen LogP) is 3.57. The van der Waals surface area contributed by atoms with Gasteiger partial charge in [0.25, 0.3) is 0 Å². The average molecular weight is 344 g/mol. The molecule has 0 unspecified atom stereocenters. The van der Waals surface area contributed by atoms with Crippen LogP contribution in [0.3, 0.4) is 0 Å². The van der Waals surface area contributed by atoms with Crippen LogP contribution in [0.4, 0.5) is 4.39 Å². The van der Waals surface area contributed by atoms with Crippen molar-refractivity contribution >= 4 is 17.6 Å². The van der Waals surface area contributed by atoms with Crippen LogP contribution in [-0.4, -0.2) is 42.8 Å². The molecular formula is C17H23ClFNO3. The molecule has 1 aromatic rings. The van der Waals surface area contributed by atoms with Crippen molar-refractivity contribution < 1.29 is 19.0 Å². The van der Waals surface area contributed by atoms with Crippen LogP contribution in [-0.2, 0) is 16.1 Å². The van der Waals surface area contributed by atoms with Crippen LogP contribution in [0.2, 0.25) is 5.02 Å². The van der Waals surface area contributed by atoms with E-state index < -0.39 is 17.2 Å². The molecule has 0 bridgehead atoms. The quantitative estimate of drug-likeness (QED) is 0.769. The summed E-state index contributed by atoms with van der Waals surface area (Å²) in [7, 11) is 1.62. The van der Waals surface area contributed by atoms with Crippen molar-refractivity contribution in [1.82, 2.24) is 4.90 Å². The average Bonchev–Trinajstić information content (AvgIpc) is 2.51. The number of nitrogens with zero attached hydrogens (tertiary/aromatic N) is 1. The number of carboxylic acids is 1. The molecule has 0 aliphatic carbocycles. The number of hydrogen-bond acceptors (Lipinski definition) is 3. The molecule has 128 valence electrons. The van der Waals surface area contributed by atoms with Gasteiger partial charge < -0.3 is 9.84 Å². The zero-order chi connectivity index (χ0) is 16.9. The second kappa shape index (κ2) is 8.08. The standard InChI is InChI=1S/C17H23ClFNO3/c1-23-9-3-7-17(16(21)22)6-2-8-20(12-17)11-13-4-5-14(18)15(19)10-13/h4-5,10H,2-3,6-9,11-12H2,1H3,(H,21,22)/t17-/m0/s1. The first-order valence-electron chi connectivity index (χ1n) is 7.85. The SMILES string of the molecule is COCCC[C@@]1(C(=O)O)CCCN(Cc2ccc(Cl)c(F)c2)C1. The summed E-state index contributed by atoms with van der Waals surface area (Å²) in [6.07, 6.45) is 2.83. The van der Waals surface area contributed by atoms with Gasteiger partial charge in [-0.1, -0.05) is 17.7 Å². The Kier molecular flexibility index (Phi) is 6.39. The predicted molar refractivity (Wildman–Crippen MR) is 87.1 cm³/mol. The highest BCUT2D eigenvalue weighted by Gasteiger charge is 2.41. The molecular weight excluding hydrogens is 321 g/mol. The number of piperidine rings is 1. The van der Waals surface area contributed by atoms with Gasteiger partial charge in [0, 0.05) is 26.8 Å². The molecule has 1 aliphatic rings. The number of halogens is 2. The minimum atomic E-state index is -0.749. The van der Waals surface area contributed by atoms with E-state index in [-0.39, 0.29) is 5.02 Å². The Morgan fingerprint density at radius 3 is 2.96 bits per heavy atom. The van der Waals surface area contributed by atoms with Gasteiger partial charge in [0.2, 0.25) is 0 Å². The lowest BCUT2D eigenvalue weighted by molar-refractivity contribution is -0.153. The summed E-state index contributed by atoms with van der Waals surface area (Å²) in [6, 6.07) is 4.75. The molecule has 0 spiro atoms. The fourth-order valence-corrected chi connectivity index (χ4v) is 3.42. The van der Waals surface area contributed by atoms with Gasteiger partial charge in [0.05, 0.1) is 10.4 Å². The van der Waals surface area contributed by atoms with Crippen molar-refractivity contribution in [3.63, 3.8) is 0 Å². The molecule has 0 radical (unpaired) electrons. The van der Waals surface area contributed by atoms with Crippen molar-refractivity contribution in [1.29, 1.82) is 0 Å². The van der Waals surface area contributed by atoms with E-state index in [1.165, 1.54) is 6.07 Å². The highest BCUT2D eigenvalue weighted by atomic mass is 35.5. The minimum Gasteiger partial charge on any atom is -0.481 e. The van der Waals surface area contributed by atoms with Crippen LogP contribution in [0, 0.1) is 11.2 Å². The number of aliphatic carboxylic acids is 1. The van der Waals surface area contributed by atoms with Gasteiger partial charge in [-0.2, -0.15) is 0 Å². The maximum Gasteiger partial charge on any atom is 0.310 e. The van der Waals surface area contributed by atoms with E-state index in [0.29, 0.717) is 32.5 Å². The number of benzene rings is 1. The first-order valence-corrected chi connectivity index (χ1v) is 8.23. The molecule has 1 fully saturated rings. The first-order chi connectivity index (χ1) is 11.0. The zero-order valence-electron chi connectivity index (χ0n) is 13.4. The first kappa shape index (κ1) is 18.2. The molecule has 6 heteroatoms. The molecule has 0 amide bonds. The molecule has 1 aromatic carbocycles. The molecule has 0 aromatic heterocycles. The Morgan fingerprint density at radius 2 is 2.30 bits per heavy atom. The molecule has 2 rings (SSSR count). The van der Waals surface area contributed by atoms with E-state index in [0.717, 1.165) is 24.9 Å². The van der Waals surface area contributed by atoms with E-state index in [1.54, 1.807) is 19.2 Å². The van der Waals surface area contributed by atoms with E-state index >= 15 is 0 Å². The van der Waals surface area contributed by atoms with Gasteiger partial charge >= 0.3 is 5.97 Å². The highest BCUT2D eigenvalue weighted by Crippen LogP contribution is 2.35. The normalized spacial score (nSPS) is 22.2. The third kappa shape index (κ3) is 4.66. The Morgan fingerprint density at radius 1 is 1.52 bits per heavy atom. The van der Waals surface area contributed by atoms with Crippen molar-refractivity contribution in [3.8, 4) is 0 Å². The molecule has 1 aliphatic heterocycles. The molecule has 0 saturated carbocycles. The largest absolute Gasteiger partial charge is 0.481 e. The van der Waals surface area contributed by atoms with Crippen molar-refractivity contribution in [2.24, 2.45) is 5.41 Å². The number of carboxylic acid groups (broad SMARTS) is 1. The Balaban J connectivity index is 2.05. The lowest BCUT2D eigenvalue weighted by Gasteiger charge is -2.40. The van der Waals surface area contributed by atoms with Gasteiger partial charge in [-0.15, -0.1) is 0 Å². The van der Waals surface area contributed by atoms with Crippen LogP contribution in [0.25, 0.3) is 0 Å². The second-order valence-corrected chi connectivity index (χ2v) is 6.65. The van der Waals surface area contributed by atoms with E-state index in [4.69, 9.17) is 16.3 Å². The number of ether oxygens (including phenoxy) is 1.